The number of sulfonamides is 1. The van der Waals surface area contributed by atoms with Crippen molar-refractivity contribution in [2.75, 3.05) is 6.54 Å². The van der Waals surface area contributed by atoms with Crippen LogP contribution in [0.1, 0.15) is 32.3 Å². The molecule has 0 amide bonds. The Balaban J connectivity index is 2.44. The van der Waals surface area contributed by atoms with Gasteiger partial charge in [0.05, 0.1) is 6.61 Å². The number of hydrogen-bond acceptors (Lipinski definition) is 3. The van der Waals surface area contributed by atoms with Crippen LogP contribution in [0.2, 0.25) is 0 Å². The van der Waals surface area contributed by atoms with Crippen molar-refractivity contribution in [2.24, 2.45) is 5.92 Å². The minimum Gasteiger partial charge on any atom is -0.392 e. The Hall–Kier alpha value is -0.980. The summed E-state index contributed by atoms with van der Waals surface area (Å²) in [6, 6.07) is 3.62. The number of aliphatic hydroxyl groups excluding tert-OH is 1. The molecule has 20 heavy (non-hydrogen) atoms. The van der Waals surface area contributed by atoms with E-state index in [2.05, 4.69) is 0 Å². The fourth-order valence-corrected chi connectivity index (χ4v) is 4.64. The molecule has 1 unspecified atom stereocenters. The molecule has 1 aliphatic heterocycles. The molecule has 1 N–H and O–H groups in total. The highest BCUT2D eigenvalue weighted by Crippen LogP contribution is 2.31. The number of benzene rings is 1. The Bertz CT molecular complexity index is 586. The molecule has 0 saturated carbocycles. The van der Waals surface area contributed by atoms with Crippen LogP contribution in [0.15, 0.2) is 23.1 Å². The van der Waals surface area contributed by atoms with Gasteiger partial charge in [-0.1, -0.05) is 19.9 Å². The predicted molar refractivity (Wildman–Crippen MR) is 74.1 cm³/mol. The van der Waals surface area contributed by atoms with Crippen molar-refractivity contribution in [1.29, 1.82) is 0 Å². The van der Waals surface area contributed by atoms with Crippen LogP contribution in [0.5, 0.6) is 0 Å². The van der Waals surface area contributed by atoms with Gasteiger partial charge in [0.15, 0.2) is 0 Å². The average Bonchev–Trinajstić information content (AvgIpc) is 2.89. The lowest BCUT2D eigenvalue weighted by Crippen LogP contribution is -2.38. The smallest absolute Gasteiger partial charge is 0.246 e. The van der Waals surface area contributed by atoms with Crippen LogP contribution in [0.3, 0.4) is 0 Å². The average molecular weight is 301 g/mol. The zero-order valence-electron chi connectivity index (χ0n) is 11.7. The lowest BCUT2D eigenvalue weighted by atomic mass is 10.0. The van der Waals surface area contributed by atoms with Crippen LogP contribution < -0.4 is 0 Å². The van der Waals surface area contributed by atoms with E-state index in [9.17, 15) is 12.8 Å². The summed E-state index contributed by atoms with van der Waals surface area (Å²) in [6.07, 6.45) is 1.60. The second kappa shape index (κ2) is 5.79. The molecule has 0 radical (unpaired) electrons. The van der Waals surface area contributed by atoms with Gasteiger partial charge in [-0.2, -0.15) is 4.31 Å². The molecule has 1 aromatic carbocycles. The molecule has 0 aliphatic carbocycles. The van der Waals surface area contributed by atoms with Crippen LogP contribution in [0.4, 0.5) is 4.39 Å². The van der Waals surface area contributed by atoms with Crippen LogP contribution in [-0.4, -0.2) is 30.4 Å². The molecule has 1 saturated heterocycles. The highest BCUT2D eigenvalue weighted by Gasteiger charge is 2.38. The molecule has 0 spiro atoms. The molecular formula is C14H20FNO3S. The monoisotopic (exact) mass is 301 g/mol. The van der Waals surface area contributed by atoms with E-state index in [0.717, 1.165) is 18.9 Å². The number of aliphatic hydroxyl groups is 1. The standard InChI is InChI=1S/C14H20FNO3S/c1-10(2)13-4-3-7-16(13)20(18,19)14-8-11(9-17)5-6-12(14)15/h5-6,8,10,13,17H,3-4,7,9H2,1-2H3. The van der Waals surface area contributed by atoms with E-state index in [4.69, 9.17) is 5.11 Å². The van der Waals surface area contributed by atoms with E-state index < -0.39 is 15.8 Å². The molecule has 112 valence electrons. The van der Waals surface area contributed by atoms with E-state index >= 15 is 0 Å². The van der Waals surface area contributed by atoms with Crippen molar-refractivity contribution >= 4 is 10.0 Å². The molecule has 6 heteroatoms. The molecule has 2 rings (SSSR count). The summed E-state index contributed by atoms with van der Waals surface area (Å²) in [4.78, 5) is -0.336. The highest BCUT2D eigenvalue weighted by atomic mass is 32.2. The van der Waals surface area contributed by atoms with Gasteiger partial charge in [0, 0.05) is 12.6 Å². The van der Waals surface area contributed by atoms with E-state index in [0.29, 0.717) is 12.1 Å². The zero-order valence-corrected chi connectivity index (χ0v) is 12.5. The van der Waals surface area contributed by atoms with Gasteiger partial charge in [0.25, 0.3) is 0 Å². The summed E-state index contributed by atoms with van der Waals surface area (Å²) in [6.45, 7) is 4.06. The first-order valence-corrected chi connectivity index (χ1v) is 8.23. The van der Waals surface area contributed by atoms with Gasteiger partial charge in [-0.3, -0.25) is 0 Å². The third-order valence-electron chi connectivity index (χ3n) is 3.78. The van der Waals surface area contributed by atoms with Gasteiger partial charge in [-0.05, 0) is 36.5 Å². The highest BCUT2D eigenvalue weighted by molar-refractivity contribution is 7.89. The van der Waals surface area contributed by atoms with Gasteiger partial charge in [0.1, 0.15) is 10.7 Å². The summed E-state index contributed by atoms with van der Waals surface area (Å²) in [5.74, 6) is -0.576. The zero-order chi connectivity index (χ0) is 14.9. The van der Waals surface area contributed by atoms with Gasteiger partial charge in [-0.15, -0.1) is 0 Å². The molecule has 1 heterocycles. The topological polar surface area (TPSA) is 57.6 Å². The van der Waals surface area contributed by atoms with Crippen molar-refractivity contribution in [3.63, 3.8) is 0 Å². The van der Waals surface area contributed by atoms with E-state index in [1.54, 1.807) is 0 Å². The maximum absolute atomic E-state index is 13.9. The first kappa shape index (κ1) is 15.4. The Morgan fingerprint density at radius 3 is 2.75 bits per heavy atom. The van der Waals surface area contributed by atoms with Gasteiger partial charge in [0.2, 0.25) is 10.0 Å². The first-order chi connectivity index (χ1) is 9.37. The number of hydrogen-bond donors (Lipinski definition) is 1. The van der Waals surface area contributed by atoms with Crippen LogP contribution in [0.25, 0.3) is 0 Å². The quantitative estimate of drug-likeness (QED) is 0.927. The number of nitrogens with zero attached hydrogens (tertiary/aromatic N) is 1. The number of rotatable bonds is 4. The molecular weight excluding hydrogens is 281 g/mol. The Kier molecular flexibility index (Phi) is 4.46. The van der Waals surface area contributed by atoms with Gasteiger partial charge >= 0.3 is 0 Å². The van der Waals surface area contributed by atoms with Crippen molar-refractivity contribution in [3.8, 4) is 0 Å². The maximum atomic E-state index is 13.9. The van der Waals surface area contributed by atoms with Gasteiger partial charge < -0.3 is 5.11 Å². The predicted octanol–water partition coefficient (Wildman–Crippen LogP) is 2.13. The Morgan fingerprint density at radius 1 is 1.45 bits per heavy atom. The van der Waals surface area contributed by atoms with Crippen molar-refractivity contribution in [1.82, 2.24) is 4.31 Å². The van der Waals surface area contributed by atoms with E-state index in [1.165, 1.54) is 16.4 Å². The fraction of sp³-hybridized carbons (Fsp3) is 0.571. The van der Waals surface area contributed by atoms with E-state index in [-0.39, 0.29) is 23.5 Å². The lowest BCUT2D eigenvalue weighted by Gasteiger charge is -2.27. The third-order valence-corrected chi connectivity index (χ3v) is 5.72. The summed E-state index contributed by atoms with van der Waals surface area (Å²) < 4.78 is 40.6. The summed E-state index contributed by atoms with van der Waals surface area (Å²) in [5, 5.41) is 9.09. The van der Waals surface area contributed by atoms with E-state index in [1.807, 2.05) is 13.8 Å². The van der Waals surface area contributed by atoms with Crippen molar-refractivity contribution in [3.05, 3.63) is 29.6 Å². The van der Waals surface area contributed by atoms with Crippen LogP contribution in [-0.2, 0) is 16.6 Å². The molecule has 1 aromatic rings. The Morgan fingerprint density at radius 2 is 2.15 bits per heavy atom. The first-order valence-electron chi connectivity index (χ1n) is 6.79. The molecule has 1 fully saturated rings. The molecule has 1 atom stereocenters. The Labute approximate surface area is 119 Å². The summed E-state index contributed by atoms with van der Waals surface area (Å²) >= 11 is 0. The summed E-state index contributed by atoms with van der Waals surface area (Å²) in [5.41, 5.74) is 0.394. The van der Waals surface area contributed by atoms with Crippen molar-refractivity contribution in [2.45, 2.75) is 44.2 Å². The van der Waals surface area contributed by atoms with Crippen LogP contribution in [0, 0.1) is 11.7 Å². The fourth-order valence-electron chi connectivity index (χ4n) is 2.70. The molecule has 1 aliphatic rings. The molecule has 0 aromatic heterocycles. The molecule has 0 bridgehead atoms. The minimum absolute atomic E-state index is 0.0859. The normalized spacial score (nSPS) is 20.8. The third kappa shape index (κ3) is 2.73. The largest absolute Gasteiger partial charge is 0.392 e. The van der Waals surface area contributed by atoms with Gasteiger partial charge in [-0.25, -0.2) is 12.8 Å². The minimum atomic E-state index is -3.85. The number of halogens is 1. The second-order valence-electron chi connectivity index (χ2n) is 5.49. The molecule has 4 nitrogen and oxygen atoms in total. The summed E-state index contributed by atoms with van der Waals surface area (Å²) in [7, 11) is -3.85. The second-order valence-corrected chi connectivity index (χ2v) is 7.35. The van der Waals surface area contributed by atoms with Crippen LogP contribution >= 0.6 is 0 Å². The SMILES string of the molecule is CC(C)C1CCCN1S(=O)(=O)c1cc(CO)ccc1F. The lowest BCUT2D eigenvalue weighted by molar-refractivity contribution is 0.281. The maximum Gasteiger partial charge on any atom is 0.246 e. The van der Waals surface area contributed by atoms with Crippen molar-refractivity contribution < 1.29 is 17.9 Å².